The van der Waals surface area contributed by atoms with Crippen LogP contribution < -0.4 is 0 Å². The molecule has 0 radical (unpaired) electrons. The van der Waals surface area contributed by atoms with Crippen LogP contribution in [-0.2, 0) is 12.8 Å². The van der Waals surface area contributed by atoms with Gasteiger partial charge in [0.2, 0.25) is 0 Å². The van der Waals surface area contributed by atoms with Gasteiger partial charge in [-0.25, -0.2) is 0 Å². The van der Waals surface area contributed by atoms with Crippen molar-refractivity contribution >= 4 is 5.57 Å². The SMILES string of the molecule is C=C(O)C/C(=C/C)c1ccc(CCc2ccc(C)cc2O)cc1C. The molecular formula is C22H26O2. The summed E-state index contributed by atoms with van der Waals surface area (Å²) in [6.45, 7) is 9.63. The van der Waals surface area contributed by atoms with Gasteiger partial charge in [0, 0.05) is 6.42 Å². The van der Waals surface area contributed by atoms with Crippen LogP contribution in [0.15, 0.2) is 54.8 Å². The minimum absolute atomic E-state index is 0.182. The first kappa shape index (κ1) is 17.9. The first-order valence-corrected chi connectivity index (χ1v) is 8.31. The Bertz CT molecular complexity index is 770. The van der Waals surface area contributed by atoms with Gasteiger partial charge in [-0.3, -0.25) is 0 Å². The number of phenols is 1. The number of hydrogen-bond donors (Lipinski definition) is 2. The highest BCUT2D eigenvalue weighted by Crippen LogP contribution is 2.26. The molecule has 24 heavy (non-hydrogen) atoms. The smallest absolute Gasteiger partial charge is 0.119 e. The lowest BCUT2D eigenvalue weighted by atomic mass is 9.94. The fourth-order valence-electron chi connectivity index (χ4n) is 2.98. The van der Waals surface area contributed by atoms with E-state index >= 15 is 0 Å². The van der Waals surface area contributed by atoms with Gasteiger partial charge in [0.1, 0.15) is 5.75 Å². The van der Waals surface area contributed by atoms with Crippen LogP contribution in [0.25, 0.3) is 5.57 Å². The van der Waals surface area contributed by atoms with E-state index in [1.165, 1.54) is 11.1 Å². The summed E-state index contributed by atoms with van der Waals surface area (Å²) in [5.74, 6) is 0.558. The second-order valence-electron chi connectivity index (χ2n) is 6.34. The van der Waals surface area contributed by atoms with Crippen molar-refractivity contribution in [2.45, 2.75) is 40.0 Å². The van der Waals surface area contributed by atoms with Crippen molar-refractivity contribution < 1.29 is 10.2 Å². The molecule has 0 fully saturated rings. The van der Waals surface area contributed by atoms with Gasteiger partial charge in [0.05, 0.1) is 5.76 Å². The maximum atomic E-state index is 10.0. The topological polar surface area (TPSA) is 40.5 Å². The van der Waals surface area contributed by atoms with E-state index in [4.69, 9.17) is 0 Å². The fourth-order valence-corrected chi connectivity index (χ4v) is 2.98. The Hall–Kier alpha value is -2.48. The van der Waals surface area contributed by atoms with Gasteiger partial charge in [-0.15, -0.1) is 0 Å². The minimum atomic E-state index is 0.182. The highest BCUT2D eigenvalue weighted by atomic mass is 16.3. The second kappa shape index (κ2) is 7.87. The summed E-state index contributed by atoms with van der Waals surface area (Å²) in [7, 11) is 0. The fraction of sp³-hybridized carbons (Fsp3) is 0.273. The first-order valence-electron chi connectivity index (χ1n) is 8.31. The van der Waals surface area contributed by atoms with E-state index in [1.807, 2.05) is 38.1 Å². The van der Waals surface area contributed by atoms with Gasteiger partial charge in [-0.2, -0.15) is 0 Å². The molecule has 0 saturated carbocycles. The summed E-state index contributed by atoms with van der Waals surface area (Å²) in [5.41, 5.74) is 6.72. The third kappa shape index (κ3) is 4.51. The van der Waals surface area contributed by atoms with E-state index in [0.29, 0.717) is 12.2 Å². The van der Waals surface area contributed by atoms with Crippen molar-refractivity contribution in [2.24, 2.45) is 0 Å². The molecule has 0 heterocycles. The van der Waals surface area contributed by atoms with E-state index in [-0.39, 0.29) is 5.76 Å². The van der Waals surface area contributed by atoms with Crippen LogP contribution in [0.5, 0.6) is 5.75 Å². The van der Waals surface area contributed by atoms with Crippen molar-refractivity contribution in [3.05, 3.63) is 82.6 Å². The molecule has 0 saturated heterocycles. The number of rotatable bonds is 6. The van der Waals surface area contributed by atoms with Crippen LogP contribution >= 0.6 is 0 Å². The summed E-state index contributed by atoms with van der Waals surface area (Å²) in [5, 5.41) is 19.5. The Morgan fingerprint density at radius 2 is 1.83 bits per heavy atom. The second-order valence-corrected chi connectivity index (χ2v) is 6.34. The molecule has 0 atom stereocenters. The van der Waals surface area contributed by atoms with Crippen molar-refractivity contribution in [2.75, 3.05) is 0 Å². The molecule has 0 aliphatic rings. The molecule has 0 unspecified atom stereocenters. The van der Waals surface area contributed by atoms with E-state index in [0.717, 1.165) is 35.1 Å². The van der Waals surface area contributed by atoms with Crippen molar-refractivity contribution in [3.8, 4) is 5.75 Å². The number of aryl methyl sites for hydroxylation is 4. The normalized spacial score (nSPS) is 11.5. The molecule has 2 heteroatoms. The summed E-state index contributed by atoms with van der Waals surface area (Å²) < 4.78 is 0. The summed E-state index contributed by atoms with van der Waals surface area (Å²) >= 11 is 0. The van der Waals surface area contributed by atoms with Crippen molar-refractivity contribution in [1.29, 1.82) is 0 Å². The third-order valence-corrected chi connectivity index (χ3v) is 4.30. The largest absolute Gasteiger partial charge is 0.513 e. The highest BCUT2D eigenvalue weighted by molar-refractivity contribution is 5.69. The van der Waals surface area contributed by atoms with E-state index in [1.54, 1.807) is 0 Å². The highest BCUT2D eigenvalue weighted by Gasteiger charge is 2.08. The van der Waals surface area contributed by atoms with E-state index < -0.39 is 0 Å². The van der Waals surface area contributed by atoms with Crippen molar-refractivity contribution in [3.63, 3.8) is 0 Å². The number of aliphatic hydroxyl groups is 1. The van der Waals surface area contributed by atoms with Gasteiger partial charge in [-0.05, 0) is 73.1 Å². The molecule has 0 bridgehead atoms. The quantitative estimate of drug-likeness (QED) is 0.674. The zero-order valence-corrected chi connectivity index (χ0v) is 14.8. The molecular weight excluding hydrogens is 296 g/mol. The average molecular weight is 322 g/mol. The Morgan fingerprint density at radius 1 is 1.08 bits per heavy atom. The van der Waals surface area contributed by atoms with E-state index in [2.05, 4.69) is 31.7 Å². The number of aliphatic hydroxyl groups excluding tert-OH is 1. The van der Waals surface area contributed by atoms with Crippen LogP contribution in [0.1, 0.15) is 41.2 Å². The molecule has 126 valence electrons. The predicted molar refractivity (Wildman–Crippen MR) is 101 cm³/mol. The summed E-state index contributed by atoms with van der Waals surface area (Å²) in [6.07, 6.45) is 4.20. The number of hydrogen-bond acceptors (Lipinski definition) is 2. The first-order chi connectivity index (χ1) is 11.4. The lowest BCUT2D eigenvalue weighted by Crippen LogP contribution is -1.96. The predicted octanol–water partition coefficient (Wildman–Crippen LogP) is 5.66. The monoisotopic (exact) mass is 322 g/mol. The maximum Gasteiger partial charge on any atom is 0.119 e. The Morgan fingerprint density at radius 3 is 2.42 bits per heavy atom. The Balaban J connectivity index is 2.13. The number of benzene rings is 2. The van der Waals surface area contributed by atoms with Gasteiger partial charge in [0.25, 0.3) is 0 Å². The Labute approximate surface area is 144 Å². The van der Waals surface area contributed by atoms with Gasteiger partial charge < -0.3 is 10.2 Å². The van der Waals surface area contributed by atoms with Crippen LogP contribution in [-0.4, -0.2) is 10.2 Å². The van der Waals surface area contributed by atoms with Crippen LogP contribution in [0.2, 0.25) is 0 Å². The summed E-state index contributed by atoms with van der Waals surface area (Å²) in [6, 6.07) is 12.3. The lowest BCUT2D eigenvalue weighted by Gasteiger charge is -2.12. The Kier molecular flexibility index (Phi) is 5.86. The molecule has 2 rings (SSSR count). The van der Waals surface area contributed by atoms with E-state index in [9.17, 15) is 10.2 Å². The third-order valence-electron chi connectivity index (χ3n) is 4.30. The number of phenolic OH excluding ortho intramolecular Hbond substituents is 1. The maximum absolute atomic E-state index is 10.0. The molecule has 0 spiro atoms. The number of aromatic hydroxyl groups is 1. The zero-order valence-electron chi connectivity index (χ0n) is 14.8. The molecule has 0 aromatic heterocycles. The van der Waals surface area contributed by atoms with Crippen LogP contribution in [0.4, 0.5) is 0 Å². The van der Waals surface area contributed by atoms with Gasteiger partial charge in [-0.1, -0.05) is 43.0 Å². The zero-order chi connectivity index (χ0) is 17.7. The molecule has 2 aromatic rings. The summed E-state index contributed by atoms with van der Waals surface area (Å²) in [4.78, 5) is 0. The molecule has 0 amide bonds. The molecule has 2 N–H and O–H groups in total. The molecule has 0 aliphatic heterocycles. The molecule has 2 nitrogen and oxygen atoms in total. The van der Waals surface area contributed by atoms with Crippen LogP contribution in [0, 0.1) is 13.8 Å². The molecule has 2 aromatic carbocycles. The van der Waals surface area contributed by atoms with Crippen molar-refractivity contribution in [1.82, 2.24) is 0 Å². The molecule has 0 aliphatic carbocycles. The minimum Gasteiger partial charge on any atom is -0.513 e. The number of allylic oxidation sites excluding steroid dienone is 2. The van der Waals surface area contributed by atoms with Gasteiger partial charge >= 0.3 is 0 Å². The van der Waals surface area contributed by atoms with Crippen LogP contribution in [0.3, 0.4) is 0 Å². The average Bonchev–Trinajstić information content (AvgIpc) is 2.52. The van der Waals surface area contributed by atoms with Gasteiger partial charge in [0.15, 0.2) is 0 Å². The lowest BCUT2D eigenvalue weighted by molar-refractivity contribution is 0.406. The standard InChI is InChI=1S/C22H26O2/c1-5-19(14-17(4)23)21-11-8-18(13-16(21)3)7-10-20-9-6-15(2)12-22(20)24/h5-6,8-9,11-13,23-24H,4,7,10,14H2,1-3H3/b19-5-.